The number of carbonyl (C=O) groups excluding carboxylic acids is 1. The molecule has 0 aromatic carbocycles. The van der Waals surface area contributed by atoms with Crippen molar-refractivity contribution in [1.29, 1.82) is 0 Å². The van der Waals surface area contributed by atoms with Crippen molar-refractivity contribution < 1.29 is 4.79 Å². The summed E-state index contributed by atoms with van der Waals surface area (Å²) in [4.78, 5) is 11.7. The summed E-state index contributed by atoms with van der Waals surface area (Å²) < 4.78 is 0. The summed E-state index contributed by atoms with van der Waals surface area (Å²) in [6.45, 7) is 0. The Morgan fingerprint density at radius 2 is 1.88 bits per heavy atom. The molecule has 0 aliphatic heterocycles. The molecule has 1 amide bonds. The molecule has 2 aliphatic carbocycles. The molecule has 2 unspecified atom stereocenters. The molecular formula is C13H24N2O. The first-order valence-electron chi connectivity index (χ1n) is 6.80. The van der Waals surface area contributed by atoms with Gasteiger partial charge in [0.25, 0.3) is 0 Å². The lowest BCUT2D eigenvalue weighted by atomic mass is 10.0. The van der Waals surface area contributed by atoms with Crippen LogP contribution < -0.4 is 11.1 Å². The Hall–Kier alpha value is -0.570. The summed E-state index contributed by atoms with van der Waals surface area (Å²) in [6.07, 6.45) is 10.5. The normalized spacial score (nSPS) is 30.8. The van der Waals surface area contributed by atoms with Crippen LogP contribution in [0.1, 0.15) is 57.8 Å². The first-order valence-corrected chi connectivity index (χ1v) is 6.80. The molecule has 2 fully saturated rings. The van der Waals surface area contributed by atoms with Gasteiger partial charge in [-0.05, 0) is 31.6 Å². The summed E-state index contributed by atoms with van der Waals surface area (Å²) in [5.41, 5.74) is 5.93. The van der Waals surface area contributed by atoms with Crippen LogP contribution in [0.2, 0.25) is 0 Å². The maximum Gasteiger partial charge on any atom is 0.220 e. The highest BCUT2D eigenvalue weighted by atomic mass is 16.1. The van der Waals surface area contributed by atoms with E-state index in [0.29, 0.717) is 6.42 Å². The minimum Gasteiger partial charge on any atom is -0.352 e. The van der Waals surface area contributed by atoms with E-state index in [-0.39, 0.29) is 18.0 Å². The number of nitrogens with two attached hydrogens (primary N) is 1. The van der Waals surface area contributed by atoms with Crippen molar-refractivity contribution in [3.05, 3.63) is 0 Å². The zero-order valence-electron chi connectivity index (χ0n) is 10.1. The molecule has 0 radical (unpaired) electrons. The quantitative estimate of drug-likeness (QED) is 0.767. The molecule has 0 aromatic heterocycles. The van der Waals surface area contributed by atoms with Crippen LogP contribution in [-0.2, 0) is 4.79 Å². The number of amides is 1. The highest BCUT2D eigenvalue weighted by Gasteiger charge is 2.25. The Kier molecular flexibility index (Phi) is 4.22. The summed E-state index contributed by atoms with van der Waals surface area (Å²) in [6, 6.07) is 0.437. The third kappa shape index (κ3) is 3.21. The van der Waals surface area contributed by atoms with Crippen LogP contribution in [0.25, 0.3) is 0 Å². The van der Waals surface area contributed by atoms with Gasteiger partial charge in [-0.3, -0.25) is 4.79 Å². The zero-order chi connectivity index (χ0) is 11.4. The number of hydrogen-bond acceptors (Lipinski definition) is 2. The van der Waals surface area contributed by atoms with Gasteiger partial charge in [0.15, 0.2) is 0 Å². The van der Waals surface area contributed by atoms with E-state index in [4.69, 9.17) is 5.73 Å². The highest BCUT2D eigenvalue weighted by molar-refractivity contribution is 5.76. The summed E-state index contributed by atoms with van der Waals surface area (Å²) in [5, 5.41) is 3.09. The zero-order valence-corrected chi connectivity index (χ0v) is 10.1. The molecule has 3 nitrogen and oxygen atoms in total. The standard InChI is InChI=1S/C13H24N2O/c14-11-6-3-7-12(11)15-13(16)9-8-10-4-1-2-5-10/h10-12H,1-9,14H2,(H,15,16). The van der Waals surface area contributed by atoms with Crippen LogP contribution >= 0.6 is 0 Å². The second kappa shape index (κ2) is 5.67. The first-order chi connectivity index (χ1) is 7.75. The molecular weight excluding hydrogens is 200 g/mol. The lowest BCUT2D eigenvalue weighted by Gasteiger charge is -2.17. The van der Waals surface area contributed by atoms with Crippen molar-refractivity contribution in [2.24, 2.45) is 11.7 Å². The second-order valence-electron chi connectivity index (χ2n) is 5.46. The van der Waals surface area contributed by atoms with E-state index in [1.165, 1.54) is 25.7 Å². The molecule has 3 N–H and O–H groups in total. The van der Waals surface area contributed by atoms with Crippen molar-refractivity contribution >= 4 is 5.91 Å². The van der Waals surface area contributed by atoms with E-state index < -0.39 is 0 Å². The third-order valence-electron chi connectivity index (χ3n) is 4.17. The monoisotopic (exact) mass is 224 g/mol. The Bertz CT molecular complexity index is 236. The fraction of sp³-hybridized carbons (Fsp3) is 0.923. The molecule has 0 bridgehead atoms. The van der Waals surface area contributed by atoms with Crippen molar-refractivity contribution in [2.45, 2.75) is 69.9 Å². The Labute approximate surface area is 98.2 Å². The van der Waals surface area contributed by atoms with Gasteiger partial charge in [0.1, 0.15) is 0 Å². The molecule has 0 aromatic rings. The van der Waals surface area contributed by atoms with Crippen molar-refractivity contribution in [3.8, 4) is 0 Å². The van der Waals surface area contributed by atoms with E-state index in [1.807, 2.05) is 0 Å². The molecule has 2 saturated carbocycles. The van der Waals surface area contributed by atoms with Gasteiger partial charge >= 0.3 is 0 Å². The SMILES string of the molecule is NC1CCCC1NC(=O)CCC1CCCC1. The molecule has 2 aliphatic rings. The number of carbonyl (C=O) groups is 1. The average molecular weight is 224 g/mol. The lowest BCUT2D eigenvalue weighted by Crippen LogP contribution is -2.43. The molecule has 2 rings (SSSR count). The Balaban J connectivity index is 1.63. The van der Waals surface area contributed by atoms with Gasteiger partial charge in [-0.2, -0.15) is 0 Å². The van der Waals surface area contributed by atoms with Gasteiger partial charge in [0.2, 0.25) is 5.91 Å². The predicted octanol–water partition coefficient (Wildman–Crippen LogP) is 1.95. The van der Waals surface area contributed by atoms with Crippen molar-refractivity contribution in [3.63, 3.8) is 0 Å². The van der Waals surface area contributed by atoms with E-state index in [2.05, 4.69) is 5.32 Å². The van der Waals surface area contributed by atoms with E-state index in [0.717, 1.165) is 31.6 Å². The van der Waals surface area contributed by atoms with Crippen LogP contribution in [-0.4, -0.2) is 18.0 Å². The van der Waals surface area contributed by atoms with E-state index in [9.17, 15) is 4.79 Å². The predicted molar refractivity (Wildman–Crippen MR) is 64.9 cm³/mol. The summed E-state index contributed by atoms with van der Waals surface area (Å²) in [7, 11) is 0. The van der Waals surface area contributed by atoms with Crippen LogP contribution in [0.15, 0.2) is 0 Å². The molecule has 16 heavy (non-hydrogen) atoms. The van der Waals surface area contributed by atoms with Crippen molar-refractivity contribution in [1.82, 2.24) is 5.32 Å². The van der Waals surface area contributed by atoms with Crippen LogP contribution in [0.4, 0.5) is 0 Å². The maximum absolute atomic E-state index is 11.7. The maximum atomic E-state index is 11.7. The average Bonchev–Trinajstić information content (AvgIpc) is 2.88. The van der Waals surface area contributed by atoms with Crippen LogP contribution in [0, 0.1) is 5.92 Å². The van der Waals surface area contributed by atoms with Gasteiger partial charge in [-0.15, -0.1) is 0 Å². The smallest absolute Gasteiger partial charge is 0.220 e. The number of nitrogens with one attached hydrogen (secondary N) is 1. The molecule has 3 heteroatoms. The minimum absolute atomic E-state index is 0.190. The Morgan fingerprint density at radius 3 is 2.50 bits per heavy atom. The van der Waals surface area contributed by atoms with Gasteiger partial charge < -0.3 is 11.1 Å². The first kappa shape index (κ1) is 11.9. The molecule has 2 atom stereocenters. The highest BCUT2D eigenvalue weighted by Crippen LogP contribution is 2.28. The number of rotatable bonds is 4. The van der Waals surface area contributed by atoms with Gasteiger partial charge in [-0.1, -0.05) is 25.7 Å². The lowest BCUT2D eigenvalue weighted by molar-refractivity contribution is -0.122. The fourth-order valence-electron chi connectivity index (χ4n) is 3.08. The van der Waals surface area contributed by atoms with Crippen LogP contribution in [0.3, 0.4) is 0 Å². The van der Waals surface area contributed by atoms with Crippen LogP contribution in [0.5, 0.6) is 0 Å². The second-order valence-corrected chi connectivity index (χ2v) is 5.46. The van der Waals surface area contributed by atoms with Gasteiger partial charge in [0, 0.05) is 18.5 Å². The topological polar surface area (TPSA) is 55.1 Å². The van der Waals surface area contributed by atoms with E-state index in [1.54, 1.807) is 0 Å². The Morgan fingerprint density at radius 1 is 1.12 bits per heavy atom. The van der Waals surface area contributed by atoms with Gasteiger partial charge in [-0.25, -0.2) is 0 Å². The molecule has 0 spiro atoms. The van der Waals surface area contributed by atoms with E-state index >= 15 is 0 Å². The minimum atomic E-state index is 0.190. The molecule has 92 valence electrons. The summed E-state index contributed by atoms with van der Waals surface area (Å²) >= 11 is 0. The third-order valence-corrected chi connectivity index (χ3v) is 4.17. The van der Waals surface area contributed by atoms with Gasteiger partial charge in [0.05, 0.1) is 0 Å². The summed E-state index contributed by atoms with van der Waals surface area (Å²) in [5.74, 6) is 1.03. The largest absolute Gasteiger partial charge is 0.352 e. The van der Waals surface area contributed by atoms with Crippen molar-refractivity contribution in [2.75, 3.05) is 0 Å². The molecule has 0 heterocycles. The number of hydrogen-bond donors (Lipinski definition) is 2. The molecule has 0 saturated heterocycles. The fourth-order valence-corrected chi connectivity index (χ4v) is 3.08.